The highest BCUT2D eigenvalue weighted by molar-refractivity contribution is 7.99. The lowest BCUT2D eigenvalue weighted by Gasteiger charge is -2.21. The number of thioether (sulfide) groups is 1. The fourth-order valence-corrected chi connectivity index (χ4v) is 3.52. The second-order valence-corrected chi connectivity index (χ2v) is 6.23. The van der Waals surface area contributed by atoms with E-state index in [0.717, 1.165) is 24.3 Å². The van der Waals surface area contributed by atoms with Gasteiger partial charge in [0.25, 0.3) is 11.6 Å². The average molecular weight is 309 g/mol. The minimum Gasteiger partial charge on any atom is -0.388 e. The summed E-state index contributed by atoms with van der Waals surface area (Å²) in [7, 11) is 1.71. The molecule has 0 aromatic heterocycles. The molecule has 1 saturated heterocycles. The van der Waals surface area contributed by atoms with E-state index in [0.29, 0.717) is 18.2 Å². The van der Waals surface area contributed by atoms with E-state index < -0.39 is 4.92 Å². The highest BCUT2D eigenvalue weighted by atomic mass is 32.2. The van der Waals surface area contributed by atoms with Gasteiger partial charge in [-0.3, -0.25) is 14.9 Å². The van der Waals surface area contributed by atoms with Gasteiger partial charge < -0.3 is 10.6 Å². The molecule has 0 atom stereocenters. The van der Waals surface area contributed by atoms with Crippen LogP contribution in [0.25, 0.3) is 0 Å². The largest absolute Gasteiger partial charge is 0.388 e. The van der Waals surface area contributed by atoms with Gasteiger partial charge in [-0.25, -0.2) is 0 Å². The van der Waals surface area contributed by atoms with Crippen LogP contribution in [0.4, 0.5) is 11.4 Å². The molecule has 1 fully saturated rings. The number of carbonyl (C=O) groups is 1. The van der Waals surface area contributed by atoms with Gasteiger partial charge in [-0.1, -0.05) is 0 Å². The second kappa shape index (κ2) is 7.31. The van der Waals surface area contributed by atoms with Crippen LogP contribution in [-0.4, -0.2) is 35.9 Å². The Morgan fingerprint density at radius 3 is 2.76 bits per heavy atom. The fourth-order valence-electron chi connectivity index (χ4n) is 2.32. The highest BCUT2D eigenvalue weighted by Gasteiger charge is 2.22. The Bertz CT molecular complexity index is 530. The first-order valence-electron chi connectivity index (χ1n) is 6.94. The Kier molecular flexibility index (Phi) is 5.44. The van der Waals surface area contributed by atoms with Gasteiger partial charge in [0, 0.05) is 25.3 Å². The lowest BCUT2D eigenvalue weighted by Crippen LogP contribution is -2.31. The average Bonchev–Trinajstić information content (AvgIpc) is 2.52. The Morgan fingerprint density at radius 1 is 1.43 bits per heavy atom. The van der Waals surface area contributed by atoms with Gasteiger partial charge in [0.1, 0.15) is 5.56 Å². The van der Waals surface area contributed by atoms with Crippen LogP contribution in [0.5, 0.6) is 0 Å². The number of anilines is 1. The standard InChI is InChI=1S/C14H19N3O3S/c1-15-11-2-3-13(17(19)20)12(8-11)14(18)16-9-10-4-6-21-7-5-10/h2-3,8,10,15H,4-7,9H2,1H3,(H,16,18). The van der Waals surface area contributed by atoms with Gasteiger partial charge in [-0.05, 0) is 42.4 Å². The Balaban J connectivity index is 2.07. The fraction of sp³-hybridized carbons (Fsp3) is 0.500. The van der Waals surface area contributed by atoms with E-state index in [1.165, 1.54) is 12.1 Å². The molecule has 1 aromatic rings. The maximum absolute atomic E-state index is 12.2. The predicted molar refractivity (Wildman–Crippen MR) is 85.0 cm³/mol. The maximum atomic E-state index is 12.2. The Morgan fingerprint density at radius 2 is 2.14 bits per heavy atom. The molecule has 7 heteroatoms. The van der Waals surface area contributed by atoms with Gasteiger partial charge in [-0.15, -0.1) is 0 Å². The molecule has 2 rings (SSSR count). The monoisotopic (exact) mass is 309 g/mol. The van der Waals surface area contributed by atoms with Gasteiger partial charge in [0.2, 0.25) is 0 Å². The minimum absolute atomic E-state index is 0.108. The number of nitro benzene ring substituents is 1. The van der Waals surface area contributed by atoms with E-state index in [1.54, 1.807) is 13.1 Å². The van der Waals surface area contributed by atoms with Crippen LogP contribution < -0.4 is 10.6 Å². The van der Waals surface area contributed by atoms with Crippen LogP contribution in [-0.2, 0) is 0 Å². The molecular formula is C14H19N3O3S. The molecule has 0 aliphatic carbocycles. The normalized spacial score (nSPS) is 15.5. The van der Waals surface area contributed by atoms with Gasteiger partial charge in [-0.2, -0.15) is 11.8 Å². The summed E-state index contributed by atoms with van der Waals surface area (Å²) < 4.78 is 0. The van der Waals surface area contributed by atoms with Gasteiger partial charge in [0.15, 0.2) is 0 Å². The van der Waals surface area contributed by atoms with Crippen LogP contribution in [0.2, 0.25) is 0 Å². The van der Waals surface area contributed by atoms with Crippen molar-refractivity contribution in [2.75, 3.05) is 30.4 Å². The Labute approximate surface area is 127 Å². The summed E-state index contributed by atoms with van der Waals surface area (Å²) in [6.07, 6.45) is 2.17. The summed E-state index contributed by atoms with van der Waals surface area (Å²) in [5.74, 6) is 2.34. The number of hydrogen-bond donors (Lipinski definition) is 2. The maximum Gasteiger partial charge on any atom is 0.282 e. The molecule has 6 nitrogen and oxygen atoms in total. The van der Waals surface area contributed by atoms with Gasteiger partial charge in [0.05, 0.1) is 4.92 Å². The van der Waals surface area contributed by atoms with E-state index >= 15 is 0 Å². The summed E-state index contributed by atoms with van der Waals surface area (Å²) in [6, 6.07) is 4.47. The van der Waals surface area contributed by atoms with Crippen LogP contribution in [0.1, 0.15) is 23.2 Å². The number of amides is 1. The van der Waals surface area contributed by atoms with Crippen molar-refractivity contribution < 1.29 is 9.72 Å². The molecule has 0 saturated carbocycles. The van der Waals surface area contributed by atoms with E-state index in [4.69, 9.17) is 0 Å². The van der Waals surface area contributed by atoms with Crippen LogP contribution in [0.15, 0.2) is 18.2 Å². The third-order valence-corrected chi connectivity index (χ3v) is 4.67. The lowest BCUT2D eigenvalue weighted by atomic mass is 10.0. The molecule has 0 bridgehead atoms. The zero-order chi connectivity index (χ0) is 15.2. The number of carbonyl (C=O) groups excluding carboxylic acids is 1. The smallest absolute Gasteiger partial charge is 0.282 e. The third-order valence-electron chi connectivity index (χ3n) is 3.62. The van der Waals surface area contributed by atoms with Crippen molar-refractivity contribution in [2.24, 2.45) is 5.92 Å². The van der Waals surface area contributed by atoms with Crippen molar-refractivity contribution in [3.8, 4) is 0 Å². The molecule has 1 aliphatic heterocycles. The molecule has 2 N–H and O–H groups in total. The van der Waals surface area contributed by atoms with E-state index in [-0.39, 0.29) is 17.2 Å². The first kappa shape index (κ1) is 15.6. The number of nitrogens with one attached hydrogen (secondary N) is 2. The van der Waals surface area contributed by atoms with Crippen molar-refractivity contribution in [3.63, 3.8) is 0 Å². The van der Waals surface area contributed by atoms with E-state index in [9.17, 15) is 14.9 Å². The zero-order valence-electron chi connectivity index (χ0n) is 11.9. The third kappa shape index (κ3) is 4.10. The van der Waals surface area contributed by atoms with Crippen molar-refractivity contribution in [2.45, 2.75) is 12.8 Å². The number of benzene rings is 1. The first-order chi connectivity index (χ1) is 10.1. The molecule has 0 radical (unpaired) electrons. The second-order valence-electron chi connectivity index (χ2n) is 5.00. The zero-order valence-corrected chi connectivity index (χ0v) is 12.7. The molecule has 1 aromatic carbocycles. The highest BCUT2D eigenvalue weighted by Crippen LogP contribution is 2.24. The number of nitro groups is 1. The molecule has 0 spiro atoms. The van der Waals surface area contributed by atoms with Crippen molar-refractivity contribution in [3.05, 3.63) is 33.9 Å². The van der Waals surface area contributed by atoms with E-state index in [1.807, 2.05) is 11.8 Å². The summed E-state index contributed by atoms with van der Waals surface area (Å²) in [5, 5.41) is 16.8. The Hall–Kier alpha value is -1.76. The van der Waals surface area contributed by atoms with Gasteiger partial charge >= 0.3 is 0 Å². The molecular weight excluding hydrogens is 290 g/mol. The first-order valence-corrected chi connectivity index (χ1v) is 8.09. The summed E-state index contributed by atoms with van der Waals surface area (Å²) >= 11 is 1.93. The van der Waals surface area contributed by atoms with Crippen molar-refractivity contribution >= 4 is 29.0 Å². The van der Waals surface area contributed by atoms with Crippen molar-refractivity contribution in [1.29, 1.82) is 0 Å². The summed E-state index contributed by atoms with van der Waals surface area (Å²) in [4.78, 5) is 22.7. The molecule has 0 unspecified atom stereocenters. The quantitative estimate of drug-likeness (QED) is 0.645. The SMILES string of the molecule is CNc1ccc([N+](=O)[O-])c(C(=O)NCC2CCSCC2)c1. The lowest BCUT2D eigenvalue weighted by molar-refractivity contribution is -0.385. The molecule has 114 valence electrons. The van der Waals surface area contributed by atoms with Crippen LogP contribution in [0, 0.1) is 16.0 Å². The number of rotatable bonds is 5. The predicted octanol–water partition coefficient (Wildman–Crippen LogP) is 2.51. The van der Waals surface area contributed by atoms with Crippen LogP contribution >= 0.6 is 11.8 Å². The summed E-state index contributed by atoms with van der Waals surface area (Å²) in [5.41, 5.74) is 0.627. The van der Waals surface area contributed by atoms with E-state index in [2.05, 4.69) is 10.6 Å². The molecule has 1 amide bonds. The van der Waals surface area contributed by atoms with Crippen LogP contribution in [0.3, 0.4) is 0 Å². The summed E-state index contributed by atoms with van der Waals surface area (Å²) in [6.45, 7) is 0.584. The molecule has 21 heavy (non-hydrogen) atoms. The molecule has 1 heterocycles. The minimum atomic E-state index is -0.522. The number of hydrogen-bond acceptors (Lipinski definition) is 5. The number of nitrogens with zero attached hydrogens (tertiary/aromatic N) is 1. The van der Waals surface area contributed by atoms with Crippen molar-refractivity contribution in [1.82, 2.24) is 5.32 Å². The molecule has 1 aliphatic rings. The topological polar surface area (TPSA) is 84.3 Å².